The normalized spacial score (nSPS) is 17.1. The molecule has 0 unspecified atom stereocenters. The molecule has 0 radical (unpaired) electrons. The van der Waals surface area contributed by atoms with Crippen molar-refractivity contribution < 1.29 is 19.0 Å². The SMILES string of the molecule is C=CCC(=C=CC1(C)OCCO1)C(=O)OCC. The molecule has 0 atom stereocenters. The van der Waals surface area contributed by atoms with Crippen LogP contribution in [0.4, 0.5) is 0 Å². The van der Waals surface area contributed by atoms with Gasteiger partial charge in [-0.25, -0.2) is 4.79 Å². The zero-order valence-electron chi connectivity index (χ0n) is 10.3. The lowest BCUT2D eigenvalue weighted by Gasteiger charge is -2.15. The minimum absolute atomic E-state index is 0.339. The third kappa shape index (κ3) is 4.19. The summed E-state index contributed by atoms with van der Waals surface area (Å²) in [5.74, 6) is -1.18. The van der Waals surface area contributed by atoms with Crippen LogP contribution in [-0.2, 0) is 19.0 Å². The monoisotopic (exact) mass is 238 g/mol. The second kappa shape index (κ2) is 6.40. The Hall–Kier alpha value is -1.35. The van der Waals surface area contributed by atoms with Crippen molar-refractivity contribution in [2.24, 2.45) is 0 Å². The first-order valence-electron chi connectivity index (χ1n) is 5.64. The van der Waals surface area contributed by atoms with E-state index in [-0.39, 0.29) is 5.97 Å². The first-order chi connectivity index (χ1) is 8.11. The molecule has 0 aromatic rings. The van der Waals surface area contributed by atoms with Crippen molar-refractivity contribution in [1.82, 2.24) is 0 Å². The van der Waals surface area contributed by atoms with Crippen molar-refractivity contribution in [3.05, 3.63) is 30.0 Å². The Morgan fingerprint density at radius 3 is 2.71 bits per heavy atom. The van der Waals surface area contributed by atoms with Gasteiger partial charge in [0.2, 0.25) is 0 Å². The minimum Gasteiger partial charge on any atom is -0.462 e. The second-order valence-corrected chi connectivity index (χ2v) is 3.69. The number of esters is 1. The second-order valence-electron chi connectivity index (χ2n) is 3.69. The molecule has 0 saturated carbocycles. The zero-order valence-corrected chi connectivity index (χ0v) is 10.3. The van der Waals surface area contributed by atoms with Gasteiger partial charge in [0, 0.05) is 12.5 Å². The maximum absolute atomic E-state index is 11.6. The summed E-state index contributed by atoms with van der Waals surface area (Å²) in [7, 11) is 0. The average molecular weight is 238 g/mol. The Morgan fingerprint density at radius 2 is 2.18 bits per heavy atom. The molecule has 17 heavy (non-hydrogen) atoms. The molecule has 1 aliphatic rings. The van der Waals surface area contributed by atoms with Crippen molar-refractivity contribution >= 4 is 5.97 Å². The lowest BCUT2D eigenvalue weighted by molar-refractivity contribution is -0.138. The Kier molecular flexibility index (Phi) is 5.16. The molecule has 1 saturated heterocycles. The predicted molar refractivity (Wildman–Crippen MR) is 63.4 cm³/mol. The Balaban J connectivity index is 2.84. The van der Waals surface area contributed by atoms with Crippen molar-refractivity contribution in [3.8, 4) is 0 Å². The van der Waals surface area contributed by atoms with Gasteiger partial charge in [-0.15, -0.1) is 12.3 Å². The van der Waals surface area contributed by atoms with Gasteiger partial charge in [0.05, 0.1) is 25.4 Å². The fraction of sp³-hybridized carbons (Fsp3) is 0.538. The van der Waals surface area contributed by atoms with E-state index >= 15 is 0 Å². The molecule has 0 aromatic carbocycles. The topological polar surface area (TPSA) is 44.8 Å². The molecule has 1 heterocycles. The van der Waals surface area contributed by atoms with E-state index in [2.05, 4.69) is 12.3 Å². The van der Waals surface area contributed by atoms with Crippen LogP contribution in [-0.4, -0.2) is 31.6 Å². The van der Waals surface area contributed by atoms with Crippen LogP contribution in [0.25, 0.3) is 0 Å². The summed E-state index contributed by atoms with van der Waals surface area (Å²) >= 11 is 0. The highest BCUT2D eigenvalue weighted by molar-refractivity contribution is 5.88. The number of ether oxygens (including phenoxy) is 3. The van der Waals surface area contributed by atoms with Crippen molar-refractivity contribution in [1.29, 1.82) is 0 Å². The van der Waals surface area contributed by atoms with E-state index in [1.165, 1.54) is 0 Å². The highest BCUT2D eigenvalue weighted by Crippen LogP contribution is 2.19. The van der Waals surface area contributed by atoms with Crippen molar-refractivity contribution in [3.63, 3.8) is 0 Å². The highest BCUT2D eigenvalue weighted by Gasteiger charge is 2.27. The number of allylic oxidation sites excluding steroid dienone is 1. The fourth-order valence-electron chi connectivity index (χ4n) is 1.40. The molecule has 0 aromatic heterocycles. The smallest absolute Gasteiger partial charge is 0.342 e. The molecule has 94 valence electrons. The van der Waals surface area contributed by atoms with Gasteiger partial charge in [-0.2, -0.15) is 0 Å². The largest absolute Gasteiger partial charge is 0.462 e. The van der Waals surface area contributed by atoms with Crippen LogP contribution in [0.1, 0.15) is 20.3 Å². The lowest BCUT2D eigenvalue weighted by Crippen LogP contribution is -2.21. The fourth-order valence-corrected chi connectivity index (χ4v) is 1.40. The van der Waals surface area contributed by atoms with E-state index in [9.17, 15) is 4.79 Å². The average Bonchev–Trinajstić information content (AvgIpc) is 2.72. The van der Waals surface area contributed by atoms with Crippen LogP contribution in [0.3, 0.4) is 0 Å². The van der Waals surface area contributed by atoms with Crippen LogP contribution < -0.4 is 0 Å². The first kappa shape index (κ1) is 13.7. The summed E-state index contributed by atoms with van der Waals surface area (Å²) in [6.07, 6.45) is 3.65. The molecular weight excluding hydrogens is 220 g/mol. The highest BCUT2D eigenvalue weighted by atomic mass is 16.7. The maximum atomic E-state index is 11.6. The van der Waals surface area contributed by atoms with Crippen LogP contribution in [0.2, 0.25) is 0 Å². The van der Waals surface area contributed by atoms with Gasteiger partial charge in [0.1, 0.15) is 0 Å². The van der Waals surface area contributed by atoms with Gasteiger partial charge in [0.15, 0.2) is 5.79 Å². The molecule has 4 heteroatoms. The van der Waals surface area contributed by atoms with E-state index in [1.807, 2.05) is 0 Å². The van der Waals surface area contributed by atoms with Crippen LogP contribution in [0.15, 0.2) is 30.0 Å². The summed E-state index contributed by atoms with van der Waals surface area (Å²) in [6, 6.07) is 0. The molecule has 0 bridgehead atoms. The van der Waals surface area contributed by atoms with Crippen molar-refractivity contribution in [2.75, 3.05) is 19.8 Å². The van der Waals surface area contributed by atoms with E-state index in [0.717, 1.165) is 0 Å². The molecule has 0 spiro atoms. The number of rotatable bonds is 5. The number of carbonyl (C=O) groups excluding carboxylic acids is 1. The minimum atomic E-state index is -0.793. The molecular formula is C13H18O4. The molecule has 4 nitrogen and oxygen atoms in total. The quantitative estimate of drug-likeness (QED) is 0.318. The van der Waals surface area contributed by atoms with Gasteiger partial charge < -0.3 is 14.2 Å². The third-order valence-corrected chi connectivity index (χ3v) is 2.24. The van der Waals surface area contributed by atoms with Gasteiger partial charge in [-0.3, -0.25) is 0 Å². The van der Waals surface area contributed by atoms with E-state index in [0.29, 0.717) is 31.8 Å². The molecule has 0 N–H and O–H groups in total. The molecule has 0 aliphatic carbocycles. The Bertz CT molecular complexity index is 344. The lowest BCUT2D eigenvalue weighted by atomic mass is 10.2. The first-order valence-corrected chi connectivity index (χ1v) is 5.64. The summed E-state index contributed by atoms with van der Waals surface area (Å²) in [5.41, 5.74) is 3.30. The van der Waals surface area contributed by atoms with E-state index in [1.54, 1.807) is 26.0 Å². The Morgan fingerprint density at radius 1 is 1.53 bits per heavy atom. The van der Waals surface area contributed by atoms with Crippen LogP contribution in [0, 0.1) is 0 Å². The van der Waals surface area contributed by atoms with E-state index < -0.39 is 5.79 Å². The summed E-state index contributed by atoms with van der Waals surface area (Å²) in [4.78, 5) is 11.6. The number of hydrogen-bond acceptors (Lipinski definition) is 4. The van der Waals surface area contributed by atoms with Gasteiger partial charge >= 0.3 is 5.97 Å². The van der Waals surface area contributed by atoms with Gasteiger partial charge in [-0.05, 0) is 13.8 Å². The summed E-state index contributed by atoms with van der Waals surface area (Å²) in [5, 5.41) is 0. The van der Waals surface area contributed by atoms with Crippen LogP contribution in [0.5, 0.6) is 0 Å². The molecule has 0 amide bonds. The molecule has 1 aliphatic heterocycles. The van der Waals surface area contributed by atoms with Crippen molar-refractivity contribution in [2.45, 2.75) is 26.1 Å². The molecule has 1 fully saturated rings. The molecule has 1 rings (SSSR count). The summed E-state index contributed by atoms with van der Waals surface area (Å²) in [6.45, 7) is 8.57. The zero-order chi connectivity index (χ0) is 12.7. The predicted octanol–water partition coefficient (Wildman–Crippen LogP) is 1.97. The van der Waals surface area contributed by atoms with Gasteiger partial charge in [-0.1, -0.05) is 6.08 Å². The standard InChI is InChI=1S/C13H18O4/c1-4-6-11(12(14)15-5-2)7-8-13(3)16-9-10-17-13/h4,8H,1,5-6,9-10H2,2-3H3. The Labute approximate surface area is 102 Å². The van der Waals surface area contributed by atoms with Gasteiger partial charge in [0.25, 0.3) is 0 Å². The van der Waals surface area contributed by atoms with Crippen LogP contribution >= 0.6 is 0 Å². The number of hydrogen-bond donors (Lipinski definition) is 0. The summed E-state index contributed by atoms with van der Waals surface area (Å²) < 4.78 is 15.7. The maximum Gasteiger partial charge on any atom is 0.342 e. The van der Waals surface area contributed by atoms with E-state index in [4.69, 9.17) is 14.2 Å². The third-order valence-electron chi connectivity index (χ3n) is 2.24. The number of carbonyl (C=O) groups is 1.